The first-order valence-electron chi connectivity index (χ1n) is 11.4. The van der Waals surface area contributed by atoms with E-state index in [-0.39, 0.29) is 57.3 Å². The zero-order chi connectivity index (χ0) is 26.7. The highest BCUT2D eigenvalue weighted by Crippen LogP contribution is 2.36. The van der Waals surface area contributed by atoms with Crippen LogP contribution in [-0.4, -0.2) is 57.6 Å². The smallest absolute Gasteiger partial charge is 0.348 e. The van der Waals surface area contributed by atoms with E-state index in [1.807, 2.05) is 11.0 Å². The van der Waals surface area contributed by atoms with Gasteiger partial charge in [0.25, 0.3) is 0 Å². The summed E-state index contributed by atoms with van der Waals surface area (Å²) in [6.45, 7) is 6.44. The molecule has 37 heavy (non-hydrogen) atoms. The first kappa shape index (κ1) is 26.5. The minimum atomic E-state index is -1.23. The summed E-state index contributed by atoms with van der Waals surface area (Å²) in [6.07, 6.45) is 3.25. The number of thiazole rings is 1. The lowest BCUT2D eigenvalue weighted by Crippen LogP contribution is -2.46. The van der Waals surface area contributed by atoms with Crippen LogP contribution in [0.3, 0.4) is 0 Å². The van der Waals surface area contributed by atoms with Crippen molar-refractivity contribution in [2.45, 2.75) is 25.9 Å². The van der Waals surface area contributed by atoms with Gasteiger partial charge in [-0.05, 0) is 31.4 Å². The second kappa shape index (κ2) is 11.2. The van der Waals surface area contributed by atoms with Crippen LogP contribution < -0.4 is 4.90 Å². The van der Waals surface area contributed by atoms with Crippen LogP contribution in [0.2, 0.25) is 5.02 Å². The van der Waals surface area contributed by atoms with Gasteiger partial charge in [-0.15, -0.1) is 6.58 Å². The predicted octanol–water partition coefficient (Wildman–Crippen LogP) is 4.87. The number of piperidine rings is 1. The molecule has 2 atom stereocenters. The highest BCUT2D eigenvalue weighted by molar-refractivity contribution is 7.17. The molecule has 1 aliphatic rings. The Kier molecular flexibility index (Phi) is 8.02. The number of nitrogens with zero attached hydrogens (tertiary/aromatic N) is 4. The van der Waals surface area contributed by atoms with Crippen LogP contribution in [0.1, 0.15) is 44.3 Å². The summed E-state index contributed by atoms with van der Waals surface area (Å²) >= 11 is 7.09. The molecule has 0 aromatic carbocycles. The zero-order valence-electron chi connectivity index (χ0n) is 19.8. The standard InChI is InChI=1S/C25H23ClFN5O4S/c1-3-9-36-18-12-32(8-6-14(18)10-17(33)20-15(11-28)19(26)13(2)30-20)25-31-22(23(37-25)24(34)35)21-16(27)5-4-7-29-21/h3-5,7,14,18,30H,1,6,8-10,12H2,2H3,(H,34,35)/t14-,18-/m0/s1. The number of carbonyl (C=O) groups excluding carboxylic acids is 1. The minimum absolute atomic E-state index is 0.0329. The predicted molar refractivity (Wildman–Crippen MR) is 137 cm³/mol. The van der Waals surface area contributed by atoms with Gasteiger partial charge in [0, 0.05) is 31.4 Å². The van der Waals surface area contributed by atoms with E-state index in [2.05, 4.69) is 21.5 Å². The Morgan fingerprint density at radius 1 is 1.49 bits per heavy atom. The monoisotopic (exact) mass is 543 g/mol. The van der Waals surface area contributed by atoms with Gasteiger partial charge in [0.15, 0.2) is 16.7 Å². The van der Waals surface area contributed by atoms with Gasteiger partial charge >= 0.3 is 5.97 Å². The summed E-state index contributed by atoms with van der Waals surface area (Å²) in [6, 6.07) is 4.61. The molecule has 1 aliphatic heterocycles. The number of aromatic carboxylic acids is 1. The number of ether oxygens (including phenoxy) is 1. The molecule has 0 unspecified atom stereocenters. The van der Waals surface area contributed by atoms with E-state index in [4.69, 9.17) is 16.3 Å². The largest absolute Gasteiger partial charge is 0.477 e. The van der Waals surface area contributed by atoms with E-state index >= 15 is 0 Å². The number of carbonyl (C=O) groups is 2. The Labute approximate surface area is 221 Å². The third-order valence-corrected chi connectivity index (χ3v) is 7.71. The number of carboxylic acid groups (broad SMARTS) is 1. The molecule has 1 fully saturated rings. The van der Waals surface area contributed by atoms with Crippen molar-refractivity contribution in [1.29, 1.82) is 5.26 Å². The van der Waals surface area contributed by atoms with Crippen molar-refractivity contribution in [3.05, 3.63) is 63.7 Å². The molecule has 9 nitrogen and oxygen atoms in total. The van der Waals surface area contributed by atoms with Gasteiger partial charge in [-0.3, -0.25) is 9.78 Å². The summed E-state index contributed by atoms with van der Waals surface area (Å²) in [5.41, 5.74) is 0.699. The van der Waals surface area contributed by atoms with E-state index in [1.54, 1.807) is 13.0 Å². The van der Waals surface area contributed by atoms with E-state index in [1.165, 1.54) is 18.3 Å². The topological polar surface area (TPSA) is 132 Å². The molecule has 192 valence electrons. The van der Waals surface area contributed by atoms with E-state index < -0.39 is 17.9 Å². The Balaban J connectivity index is 1.58. The Morgan fingerprint density at radius 2 is 2.27 bits per heavy atom. The SMILES string of the molecule is C=CCO[C@H]1CN(c2nc(-c3ncccc3F)c(C(=O)O)s2)CC[C@H]1CC(=O)c1[nH]c(C)c(Cl)c1C#N. The molecular weight excluding hydrogens is 521 g/mol. The molecule has 3 aromatic heterocycles. The van der Waals surface area contributed by atoms with Crippen LogP contribution in [0.25, 0.3) is 11.4 Å². The second-order valence-corrected chi connectivity index (χ2v) is 9.88. The number of nitrogens with one attached hydrogen (secondary N) is 1. The summed E-state index contributed by atoms with van der Waals surface area (Å²) in [5.74, 6) is -2.31. The maximum absolute atomic E-state index is 14.4. The summed E-state index contributed by atoms with van der Waals surface area (Å²) in [7, 11) is 0. The van der Waals surface area contributed by atoms with Crippen LogP contribution in [-0.2, 0) is 4.74 Å². The van der Waals surface area contributed by atoms with Crippen molar-refractivity contribution in [2.24, 2.45) is 5.92 Å². The number of aryl methyl sites for hydroxylation is 1. The number of hydrogen-bond acceptors (Lipinski definition) is 8. The number of halogens is 2. The van der Waals surface area contributed by atoms with E-state index in [0.717, 1.165) is 11.3 Å². The van der Waals surface area contributed by atoms with Crippen molar-refractivity contribution in [3.63, 3.8) is 0 Å². The van der Waals surface area contributed by atoms with Crippen LogP contribution in [0, 0.1) is 30.0 Å². The molecule has 3 aromatic rings. The number of anilines is 1. The first-order valence-corrected chi connectivity index (χ1v) is 12.6. The number of H-pyrrole nitrogens is 1. The summed E-state index contributed by atoms with van der Waals surface area (Å²) in [5, 5.41) is 19.8. The van der Waals surface area contributed by atoms with Crippen molar-refractivity contribution < 1.29 is 23.8 Å². The lowest BCUT2D eigenvalue weighted by atomic mass is 9.88. The summed E-state index contributed by atoms with van der Waals surface area (Å²) < 4.78 is 20.4. The molecule has 0 spiro atoms. The lowest BCUT2D eigenvalue weighted by molar-refractivity contribution is 0.0184. The van der Waals surface area contributed by atoms with Gasteiger partial charge in [-0.2, -0.15) is 5.26 Å². The molecule has 0 aliphatic carbocycles. The van der Waals surface area contributed by atoms with Crippen LogP contribution in [0.15, 0.2) is 31.0 Å². The maximum atomic E-state index is 14.4. The number of Topliss-reactive ketones (excluding diaryl/α,β-unsaturated/α-hetero) is 1. The van der Waals surface area contributed by atoms with E-state index in [0.29, 0.717) is 30.3 Å². The van der Waals surface area contributed by atoms with E-state index in [9.17, 15) is 24.3 Å². The van der Waals surface area contributed by atoms with Gasteiger partial charge < -0.3 is 19.7 Å². The Bertz CT molecular complexity index is 1400. The number of pyridine rings is 1. The zero-order valence-corrected chi connectivity index (χ0v) is 21.4. The molecule has 4 heterocycles. The number of ketones is 1. The normalized spacial score (nSPS) is 17.4. The average Bonchev–Trinajstić information content (AvgIpc) is 3.45. The fourth-order valence-electron chi connectivity index (χ4n) is 4.32. The number of carboxylic acids is 1. The van der Waals surface area contributed by atoms with Crippen molar-refractivity contribution in [1.82, 2.24) is 15.0 Å². The van der Waals surface area contributed by atoms with Crippen molar-refractivity contribution in [3.8, 4) is 17.5 Å². The average molecular weight is 544 g/mol. The fourth-order valence-corrected chi connectivity index (χ4v) is 5.44. The molecular formula is C25H23ClFN5O4S. The number of aromatic nitrogens is 3. The van der Waals surface area contributed by atoms with Gasteiger partial charge in [0.05, 0.1) is 23.3 Å². The highest BCUT2D eigenvalue weighted by atomic mass is 35.5. The van der Waals surface area contributed by atoms with Crippen LogP contribution in [0.5, 0.6) is 0 Å². The molecule has 0 saturated carbocycles. The Morgan fingerprint density at radius 3 is 2.95 bits per heavy atom. The van der Waals surface area contributed by atoms with Gasteiger partial charge in [-0.1, -0.05) is 29.0 Å². The number of aromatic amines is 1. The number of nitriles is 1. The van der Waals surface area contributed by atoms with Crippen LogP contribution in [0.4, 0.5) is 9.52 Å². The first-order chi connectivity index (χ1) is 17.7. The molecule has 0 radical (unpaired) electrons. The molecule has 0 bridgehead atoms. The maximum Gasteiger partial charge on any atom is 0.348 e. The van der Waals surface area contributed by atoms with Crippen LogP contribution >= 0.6 is 22.9 Å². The lowest BCUT2D eigenvalue weighted by Gasteiger charge is -2.38. The van der Waals surface area contributed by atoms with Crippen molar-refractivity contribution in [2.75, 3.05) is 24.6 Å². The van der Waals surface area contributed by atoms with Gasteiger partial charge in [0.1, 0.15) is 28.0 Å². The van der Waals surface area contributed by atoms with Gasteiger partial charge in [-0.25, -0.2) is 14.2 Å². The van der Waals surface area contributed by atoms with Crippen molar-refractivity contribution >= 4 is 39.8 Å². The minimum Gasteiger partial charge on any atom is -0.477 e. The highest BCUT2D eigenvalue weighted by Gasteiger charge is 2.35. The second-order valence-electron chi connectivity index (χ2n) is 8.52. The van der Waals surface area contributed by atoms with Gasteiger partial charge in [0.2, 0.25) is 0 Å². The molecule has 4 rings (SSSR count). The number of rotatable bonds is 9. The molecule has 0 amide bonds. The third kappa shape index (κ3) is 5.41. The molecule has 1 saturated heterocycles. The third-order valence-electron chi connectivity index (χ3n) is 6.14. The summed E-state index contributed by atoms with van der Waals surface area (Å²) in [4.78, 5) is 38.1. The molecule has 12 heteroatoms. The fraction of sp³-hybridized carbons (Fsp3) is 0.320. The quantitative estimate of drug-likeness (QED) is 0.288. The Hall–Kier alpha value is -3.59. The molecule has 2 N–H and O–H groups in total. The number of hydrogen-bond donors (Lipinski definition) is 2.